The molecule has 2 aromatic rings. The Morgan fingerprint density at radius 3 is 3.00 bits per heavy atom. The summed E-state index contributed by atoms with van der Waals surface area (Å²) in [6, 6.07) is 8.87. The lowest BCUT2D eigenvalue weighted by Crippen LogP contribution is -2.38. The zero-order valence-corrected chi connectivity index (χ0v) is 12.2. The predicted octanol–water partition coefficient (Wildman–Crippen LogP) is 2.92. The van der Waals surface area contributed by atoms with E-state index in [0.29, 0.717) is 6.04 Å². The molecule has 0 aliphatic carbocycles. The molecule has 4 heteroatoms. The number of benzene rings is 1. The third-order valence-electron chi connectivity index (χ3n) is 4.06. The number of H-pyrrole nitrogens is 1. The molecule has 3 rings (SSSR count). The van der Waals surface area contributed by atoms with Crippen LogP contribution < -0.4 is 10.2 Å². The number of anilines is 1. The standard InChI is InChI=1S/C16H24N4/c1-2-3-11-20(12-13-7-6-10-17-13)16-18-14-8-4-5-9-15(14)19-16/h4-5,8-9,13,17H,2-3,6-7,10-12H2,1H3,(H,18,19). The van der Waals surface area contributed by atoms with Gasteiger partial charge in [0.2, 0.25) is 5.95 Å². The fraction of sp³-hybridized carbons (Fsp3) is 0.562. The largest absolute Gasteiger partial charge is 0.341 e. The maximum atomic E-state index is 4.75. The topological polar surface area (TPSA) is 44.0 Å². The third-order valence-corrected chi connectivity index (χ3v) is 4.06. The predicted molar refractivity (Wildman–Crippen MR) is 84.2 cm³/mol. The SMILES string of the molecule is CCCCN(CC1CCCN1)c1nc2ccccc2[nH]1. The fourth-order valence-electron chi connectivity index (χ4n) is 2.90. The van der Waals surface area contributed by atoms with Crippen LogP contribution >= 0.6 is 0 Å². The van der Waals surface area contributed by atoms with E-state index in [0.717, 1.165) is 36.6 Å². The lowest BCUT2D eigenvalue weighted by atomic mass is 10.2. The molecule has 4 nitrogen and oxygen atoms in total. The second-order valence-corrected chi connectivity index (χ2v) is 5.67. The van der Waals surface area contributed by atoms with Crippen LogP contribution in [-0.2, 0) is 0 Å². The summed E-state index contributed by atoms with van der Waals surface area (Å²) in [5.41, 5.74) is 2.19. The molecular formula is C16H24N4. The summed E-state index contributed by atoms with van der Waals surface area (Å²) in [6.07, 6.45) is 5.01. The Balaban J connectivity index is 1.79. The molecule has 1 aromatic carbocycles. The third kappa shape index (κ3) is 2.96. The molecule has 1 aliphatic heterocycles. The fourth-order valence-corrected chi connectivity index (χ4v) is 2.90. The number of imidazole rings is 1. The van der Waals surface area contributed by atoms with Crippen molar-refractivity contribution in [3.63, 3.8) is 0 Å². The Morgan fingerprint density at radius 2 is 2.25 bits per heavy atom. The zero-order chi connectivity index (χ0) is 13.8. The van der Waals surface area contributed by atoms with Gasteiger partial charge in [0.1, 0.15) is 0 Å². The summed E-state index contributed by atoms with van der Waals surface area (Å²) < 4.78 is 0. The number of hydrogen-bond acceptors (Lipinski definition) is 3. The minimum Gasteiger partial charge on any atom is -0.341 e. The van der Waals surface area contributed by atoms with Crippen LogP contribution in [0.2, 0.25) is 0 Å². The number of nitrogens with zero attached hydrogens (tertiary/aromatic N) is 2. The normalized spacial score (nSPS) is 18.8. The molecule has 108 valence electrons. The zero-order valence-electron chi connectivity index (χ0n) is 12.2. The van der Waals surface area contributed by atoms with Gasteiger partial charge in [-0.05, 0) is 37.9 Å². The Kier molecular flexibility index (Phi) is 4.21. The highest BCUT2D eigenvalue weighted by Crippen LogP contribution is 2.19. The van der Waals surface area contributed by atoms with Crippen LogP contribution in [0.3, 0.4) is 0 Å². The van der Waals surface area contributed by atoms with E-state index in [1.165, 1.54) is 25.7 Å². The van der Waals surface area contributed by atoms with Crippen molar-refractivity contribution < 1.29 is 0 Å². The average Bonchev–Trinajstić information content (AvgIpc) is 3.12. The highest BCUT2D eigenvalue weighted by atomic mass is 15.3. The van der Waals surface area contributed by atoms with Crippen LogP contribution in [0.5, 0.6) is 0 Å². The van der Waals surface area contributed by atoms with Crippen molar-refractivity contribution in [1.29, 1.82) is 0 Å². The molecule has 20 heavy (non-hydrogen) atoms. The summed E-state index contributed by atoms with van der Waals surface area (Å²) in [6.45, 7) is 5.53. The molecule has 0 spiro atoms. The molecule has 1 unspecified atom stereocenters. The van der Waals surface area contributed by atoms with Gasteiger partial charge >= 0.3 is 0 Å². The van der Waals surface area contributed by atoms with E-state index >= 15 is 0 Å². The average molecular weight is 272 g/mol. The molecule has 0 bridgehead atoms. The van der Waals surface area contributed by atoms with Gasteiger partial charge in [-0.3, -0.25) is 0 Å². The van der Waals surface area contributed by atoms with Crippen molar-refractivity contribution >= 4 is 17.0 Å². The van der Waals surface area contributed by atoms with Crippen molar-refractivity contribution in [2.24, 2.45) is 0 Å². The molecule has 0 radical (unpaired) electrons. The van der Waals surface area contributed by atoms with E-state index in [-0.39, 0.29) is 0 Å². The van der Waals surface area contributed by atoms with Gasteiger partial charge in [0.25, 0.3) is 0 Å². The quantitative estimate of drug-likeness (QED) is 0.850. The maximum Gasteiger partial charge on any atom is 0.203 e. The molecule has 1 atom stereocenters. The van der Waals surface area contributed by atoms with Crippen molar-refractivity contribution in [3.05, 3.63) is 24.3 Å². The molecule has 0 amide bonds. The van der Waals surface area contributed by atoms with Gasteiger partial charge in [-0.15, -0.1) is 0 Å². The Hall–Kier alpha value is -1.55. The van der Waals surface area contributed by atoms with Crippen molar-refractivity contribution in [3.8, 4) is 0 Å². The summed E-state index contributed by atoms with van der Waals surface area (Å²) in [7, 11) is 0. The lowest BCUT2D eigenvalue weighted by molar-refractivity contribution is 0.567. The van der Waals surface area contributed by atoms with E-state index < -0.39 is 0 Å². The Labute approximate surface area is 120 Å². The van der Waals surface area contributed by atoms with Gasteiger partial charge in [-0.2, -0.15) is 0 Å². The number of rotatable bonds is 6. The molecule has 2 heterocycles. The number of aromatic amines is 1. The van der Waals surface area contributed by atoms with Crippen LogP contribution in [0, 0.1) is 0 Å². The Morgan fingerprint density at radius 1 is 1.35 bits per heavy atom. The van der Waals surface area contributed by atoms with Crippen molar-refractivity contribution in [1.82, 2.24) is 15.3 Å². The molecule has 2 N–H and O–H groups in total. The monoisotopic (exact) mass is 272 g/mol. The Bertz CT molecular complexity index is 509. The van der Waals surface area contributed by atoms with Crippen LogP contribution in [-0.4, -0.2) is 35.6 Å². The van der Waals surface area contributed by atoms with Gasteiger partial charge < -0.3 is 15.2 Å². The lowest BCUT2D eigenvalue weighted by Gasteiger charge is -2.25. The van der Waals surface area contributed by atoms with E-state index in [2.05, 4.69) is 40.3 Å². The van der Waals surface area contributed by atoms with Crippen molar-refractivity contribution in [2.45, 2.75) is 38.6 Å². The molecule has 1 fully saturated rings. The molecule has 1 saturated heterocycles. The van der Waals surface area contributed by atoms with Crippen LogP contribution in [0.1, 0.15) is 32.6 Å². The van der Waals surface area contributed by atoms with Gasteiger partial charge in [0.05, 0.1) is 11.0 Å². The highest BCUT2D eigenvalue weighted by Gasteiger charge is 2.19. The number of aromatic nitrogens is 2. The molecular weight excluding hydrogens is 248 g/mol. The summed E-state index contributed by atoms with van der Waals surface area (Å²) in [5, 5.41) is 3.58. The first-order valence-corrected chi connectivity index (χ1v) is 7.80. The van der Waals surface area contributed by atoms with Gasteiger partial charge in [0, 0.05) is 19.1 Å². The number of unbranched alkanes of at least 4 members (excludes halogenated alkanes) is 1. The molecule has 0 saturated carbocycles. The van der Waals surface area contributed by atoms with Gasteiger partial charge in [-0.25, -0.2) is 4.98 Å². The number of hydrogen-bond donors (Lipinski definition) is 2. The number of para-hydroxylation sites is 2. The number of fused-ring (bicyclic) bond motifs is 1. The van der Waals surface area contributed by atoms with Crippen LogP contribution in [0.4, 0.5) is 5.95 Å². The van der Waals surface area contributed by atoms with Crippen LogP contribution in [0.25, 0.3) is 11.0 Å². The van der Waals surface area contributed by atoms with E-state index in [9.17, 15) is 0 Å². The van der Waals surface area contributed by atoms with Gasteiger partial charge in [-0.1, -0.05) is 25.5 Å². The van der Waals surface area contributed by atoms with Crippen LogP contribution in [0.15, 0.2) is 24.3 Å². The first kappa shape index (κ1) is 13.4. The second kappa shape index (κ2) is 6.27. The number of nitrogens with one attached hydrogen (secondary N) is 2. The minimum atomic E-state index is 0.611. The van der Waals surface area contributed by atoms with E-state index in [1.54, 1.807) is 0 Å². The minimum absolute atomic E-state index is 0.611. The molecule has 1 aromatic heterocycles. The van der Waals surface area contributed by atoms with Crippen molar-refractivity contribution in [2.75, 3.05) is 24.5 Å². The van der Waals surface area contributed by atoms with E-state index in [4.69, 9.17) is 4.98 Å². The first-order chi connectivity index (χ1) is 9.86. The highest BCUT2D eigenvalue weighted by molar-refractivity contribution is 5.77. The molecule has 1 aliphatic rings. The smallest absolute Gasteiger partial charge is 0.203 e. The maximum absolute atomic E-state index is 4.75. The summed E-state index contributed by atoms with van der Waals surface area (Å²) in [5.74, 6) is 1.02. The van der Waals surface area contributed by atoms with Gasteiger partial charge in [0.15, 0.2) is 0 Å². The summed E-state index contributed by atoms with van der Waals surface area (Å²) in [4.78, 5) is 10.6. The van der Waals surface area contributed by atoms with E-state index in [1.807, 2.05) is 6.07 Å². The second-order valence-electron chi connectivity index (χ2n) is 5.67. The first-order valence-electron chi connectivity index (χ1n) is 7.80. The summed E-state index contributed by atoms with van der Waals surface area (Å²) >= 11 is 0.